The summed E-state index contributed by atoms with van der Waals surface area (Å²) in [5, 5.41) is 3.63. The number of nitrogens with zero attached hydrogens (tertiary/aromatic N) is 1. The van der Waals surface area contributed by atoms with Gasteiger partial charge < -0.3 is 10.1 Å². The van der Waals surface area contributed by atoms with Crippen LogP contribution in [0.1, 0.15) is 22.2 Å². The normalized spacial score (nSPS) is 11.3. The van der Waals surface area contributed by atoms with Gasteiger partial charge in [-0.2, -0.15) is 0 Å². The van der Waals surface area contributed by atoms with Gasteiger partial charge in [-0.3, -0.25) is 13.9 Å². The maximum atomic E-state index is 12.6. The standard InChI is InChI=1S/C21H22N2O5S2/c1-4-28-20(24)11-14-5-7-16(8-6-14)22-21(25)19-13-15-12-17(9-10-18(15)29-19)23(2)30(3,26)27/h5-10,12-13H,4,11H2,1-3H3,(H,22,25). The number of amides is 1. The van der Waals surface area contributed by atoms with Crippen molar-refractivity contribution in [3.63, 3.8) is 0 Å². The number of anilines is 2. The summed E-state index contributed by atoms with van der Waals surface area (Å²) in [6.45, 7) is 2.10. The van der Waals surface area contributed by atoms with Gasteiger partial charge in [-0.05, 0) is 54.3 Å². The molecule has 158 valence electrons. The van der Waals surface area contributed by atoms with Crippen molar-refractivity contribution < 1.29 is 22.7 Å². The van der Waals surface area contributed by atoms with Crippen LogP contribution in [0.4, 0.5) is 11.4 Å². The fourth-order valence-electron chi connectivity index (χ4n) is 2.81. The summed E-state index contributed by atoms with van der Waals surface area (Å²) in [5.41, 5.74) is 1.95. The van der Waals surface area contributed by atoms with Crippen LogP contribution in [-0.4, -0.2) is 40.2 Å². The highest BCUT2D eigenvalue weighted by molar-refractivity contribution is 7.92. The number of esters is 1. The van der Waals surface area contributed by atoms with Gasteiger partial charge in [-0.25, -0.2) is 8.42 Å². The van der Waals surface area contributed by atoms with E-state index in [1.807, 2.05) is 0 Å². The molecule has 0 radical (unpaired) electrons. The van der Waals surface area contributed by atoms with Crippen molar-refractivity contribution in [3.05, 3.63) is 59.0 Å². The maximum Gasteiger partial charge on any atom is 0.310 e. The van der Waals surface area contributed by atoms with Crippen LogP contribution in [0, 0.1) is 0 Å². The van der Waals surface area contributed by atoms with Crippen molar-refractivity contribution in [1.82, 2.24) is 0 Å². The molecule has 0 spiro atoms. The number of hydrogen-bond acceptors (Lipinski definition) is 6. The van der Waals surface area contributed by atoms with E-state index in [1.165, 1.54) is 22.7 Å². The van der Waals surface area contributed by atoms with Crippen LogP contribution in [-0.2, 0) is 26.0 Å². The highest BCUT2D eigenvalue weighted by atomic mass is 32.2. The van der Waals surface area contributed by atoms with Gasteiger partial charge in [0, 0.05) is 17.4 Å². The molecule has 2 aromatic carbocycles. The number of ether oxygens (including phenoxy) is 1. The molecule has 0 atom stereocenters. The van der Waals surface area contributed by atoms with Crippen molar-refractivity contribution in [2.45, 2.75) is 13.3 Å². The zero-order valence-corrected chi connectivity index (χ0v) is 18.5. The van der Waals surface area contributed by atoms with E-state index in [9.17, 15) is 18.0 Å². The molecule has 3 rings (SSSR count). The van der Waals surface area contributed by atoms with E-state index in [0.29, 0.717) is 22.9 Å². The lowest BCUT2D eigenvalue weighted by atomic mass is 10.1. The highest BCUT2D eigenvalue weighted by Crippen LogP contribution is 2.30. The minimum absolute atomic E-state index is 0.183. The van der Waals surface area contributed by atoms with E-state index in [2.05, 4.69) is 5.32 Å². The number of carbonyl (C=O) groups is 2. The van der Waals surface area contributed by atoms with Crippen LogP contribution in [0.15, 0.2) is 48.5 Å². The molecule has 1 aromatic heterocycles. The molecule has 3 aromatic rings. The molecule has 7 nitrogen and oxygen atoms in total. The topological polar surface area (TPSA) is 92.8 Å². The summed E-state index contributed by atoms with van der Waals surface area (Å²) in [4.78, 5) is 24.7. The monoisotopic (exact) mass is 446 g/mol. The van der Waals surface area contributed by atoms with Crippen LogP contribution in [0.3, 0.4) is 0 Å². The predicted molar refractivity (Wildman–Crippen MR) is 120 cm³/mol. The molecule has 0 aliphatic heterocycles. The Morgan fingerprint density at radius 1 is 1.10 bits per heavy atom. The summed E-state index contributed by atoms with van der Waals surface area (Å²) in [7, 11) is -1.87. The molecule has 0 bridgehead atoms. The first kappa shape index (κ1) is 21.8. The second-order valence-corrected chi connectivity index (χ2v) is 9.79. The number of rotatable bonds is 7. The van der Waals surface area contributed by atoms with E-state index < -0.39 is 10.0 Å². The Morgan fingerprint density at radius 3 is 2.43 bits per heavy atom. The van der Waals surface area contributed by atoms with Gasteiger partial charge in [0.1, 0.15) is 0 Å². The summed E-state index contributed by atoms with van der Waals surface area (Å²) >= 11 is 1.33. The average Bonchev–Trinajstić information content (AvgIpc) is 3.12. The number of thiophene rings is 1. The van der Waals surface area contributed by atoms with Crippen molar-refractivity contribution in [2.24, 2.45) is 0 Å². The van der Waals surface area contributed by atoms with Gasteiger partial charge in [0.05, 0.1) is 29.8 Å². The average molecular weight is 447 g/mol. The van der Waals surface area contributed by atoms with Gasteiger partial charge >= 0.3 is 5.97 Å². The summed E-state index contributed by atoms with van der Waals surface area (Å²) in [6.07, 6.45) is 1.32. The number of sulfonamides is 1. The van der Waals surface area contributed by atoms with Gasteiger partial charge in [0.15, 0.2) is 0 Å². The minimum Gasteiger partial charge on any atom is -0.466 e. The number of hydrogen-bond donors (Lipinski definition) is 1. The molecule has 30 heavy (non-hydrogen) atoms. The van der Waals surface area contributed by atoms with E-state index in [1.54, 1.807) is 55.5 Å². The van der Waals surface area contributed by atoms with Gasteiger partial charge in [-0.1, -0.05) is 12.1 Å². The molecule has 0 fully saturated rings. The van der Waals surface area contributed by atoms with Gasteiger partial charge in [0.25, 0.3) is 5.91 Å². The molecular weight excluding hydrogens is 424 g/mol. The first-order chi connectivity index (χ1) is 14.2. The van der Waals surface area contributed by atoms with E-state index in [-0.39, 0.29) is 18.3 Å². The SMILES string of the molecule is CCOC(=O)Cc1ccc(NC(=O)c2cc3cc(N(C)S(C)(=O)=O)ccc3s2)cc1. The molecule has 1 amide bonds. The number of carbonyl (C=O) groups excluding carboxylic acids is 2. The third-order valence-corrected chi connectivity index (χ3v) is 6.77. The van der Waals surface area contributed by atoms with E-state index in [4.69, 9.17) is 4.74 Å². The third kappa shape index (κ3) is 5.17. The summed E-state index contributed by atoms with van der Waals surface area (Å²) in [6, 6.07) is 14.0. The number of fused-ring (bicyclic) bond motifs is 1. The molecule has 0 saturated carbocycles. The van der Waals surface area contributed by atoms with Crippen molar-refractivity contribution in [1.29, 1.82) is 0 Å². The largest absolute Gasteiger partial charge is 0.466 e. The van der Waals surface area contributed by atoms with E-state index in [0.717, 1.165) is 21.9 Å². The molecule has 1 N–H and O–H groups in total. The molecule has 0 aliphatic rings. The third-order valence-electron chi connectivity index (χ3n) is 4.45. The lowest BCUT2D eigenvalue weighted by Gasteiger charge is -2.16. The Bertz CT molecular complexity index is 1180. The van der Waals surface area contributed by atoms with Crippen LogP contribution in [0.5, 0.6) is 0 Å². The predicted octanol–water partition coefficient (Wildman–Crippen LogP) is 3.66. The number of nitrogens with one attached hydrogen (secondary N) is 1. The first-order valence-corrected chi connectivity index (χ1v) is 11.9. The van der Waals surface area contributed by atoms with Crippen molar-refractivity contribution in [2.75, 3.05) is 29.5 Å². The lowest BCUT2D eigenvalue weighted by molar-refractivity contribution is -0.142. The van der Waals surface area contributed by atoms with Gasteiger partial charge in [-0.15, -0.1) is 11.3 Å². The Hall–Kier alpha value is -2.91. The second-order valence-electron chi connectivity index (χ2n) is 6.70. The fraction of sp³-hybridized carbons (Fsp3) is 0.238. The Kier molecular flexibility index (Phi) is 6.42. The molecule has 1 heterocycles. The Balaban J connectivity index is 1.73. The zero-order chi connectivity index (χ0) is 21.9. The summed E-state index contributed by atoms with van der Waals surface area (Å²) < 4.78 is 30.5. The smallest absolute Gasteiger partial charge is 0.310 e. The molecule has 9 heteroatoms. The van der Waals surface area contributed by atoms with Gasteiger partial charge in [0.2, 0.25) is 10.0 Å². The second kappa shape index (κ2) is 8.85. The van der Waals surface area contributed by atoms with Crippen LogP contribution in [0.25, 0.3) is 10.1 Å². The molecular formula is C21H22N2O5S2. The van der Waals surface area contributed by atoms with Crippen molar-refractivity contribution >= 4 is 54.7 Å². The Labute approximate surface area is 179 Å². The van der Waals surface area contributed by atoms with Crippen molar-refractivity contribution in [3.8, 4) is 0 Å². The summed E-state index contributed by atoms with van der Waals surface area (Å²) in [5.74, 6) is -0.548. The first-order valence-electron chi connectivity index (χ1n) is 9.21. The number of benzene rings is 2. The fourth-order valence-corrected chi connectivity index (χ4v) is 4.24. The molecule has 0 aliphatic carbocycles. The molecule has 0 unspecified atom stereocenters. The minimum atomic E-state index is -3.36. The van der Waals surface area contributed by atoms with E-state index >= 15 is 0 Å². The maximum absolute atomic E-state index is 12.6. The van der Waals surface area contributed by atoms with Crippen LogP contribution in [0.2, 0.25) is 0 Å². The zero-order valence-electron chi connectivity index (χ0n) is 16.8. The van der Waals surface area contributed by atoms with Crippen LogP contribution < -0.4 is 9.62 Å². The Morgan fingerprint density at radius 2 is 1.80 bits per heavy atom. The van der Waals surface area contributed by atoms with Crippen LogP contribution >= 0.6 is 11.3 Å². The molecule has 0 saturated heterocycles. The lowest BCUT2D eigenvalue weighted by Crippen LogP contribution is -2.24. The highest BCUT2D eigenvalue weighted by Gasteiger charge is 2.15. The quantitative estimate of drug-likeness (QED) is 0.559.